The highest BCUT2D eigenvalue weighted by molar-refractivity contribution is 7.12. The zero-order valence-electron chi connectivity index (χ0n) is 11.0. The van der Waals surface area contributed by atoms with Gasteiger partial charge >= 0.3 is 0 Å². The minimum atomic E-state index is -0.762. The molecule has 1 aromatic heterocycles. The summed E-state index contributed by atoms with van der Waals surface area (Å²) in [5.74, 6) is -0.939. The number of aryl methyl sites for hydroxylation is 2. The summed E-state index contributed by atoms with van der Waals surface area (Å²) >= 11 is 1.61. The van der Waals surface area contributed by atoms with E-state index in [2.05, 4.69) is 0 Å². The molecule has 0 spiro atoms. The molecule has 1 aromatic carbocycles. The molecule has 1 aliphatic rings. The first-order valence-corrected chi connectivity index (χ1v) is 7.68. The minimum absolute atomic E-state index is 0.114. The van der Waals surface area contributed by atoms with Crippen LogP contribution in [-0.2, 0) is 19.3 Å². The van der Waals surface area contributed by atoms with Crippen molar-refractivity contribution in [3.8, 4) is 0 Å². The molecule has 0 aliphatic heterocycles. The van der Waals surface area contributed by atoms with E-state index in [0.29, 0.717) is 0 Å². The van der Waals surface area contributed by atoms with Crippen molar-refractivity contribution >= 4 is 11.3 Å². The van der Waals surface area contributed by atoms with E-state index in [1.807, 2.05) is 6.07 Å². The molecule has 4 heteroatoms. The second-order valence-corrected chi connectivity index (χ2v) is 6.43. The molecule has 1 nitrogen and oxygen atoms in total. The molecular formula is C16H16F2OS. The van der Waals surface area contributed by atoms with Crippen LogP contribution in [0.5, 0.6) is 0 Å². The molecule has 20 heavy (non-hydrogen) atoms. The minimum Gasteiger partial charge on any atom is -0.387 e. The molecule has 0 bridgehead atoms. The van der Waals surface area contributed by atoms with Crippen LogP contribution >= 0.6 is 11.3 Å². The number of rotatable bonds is 3. The van der Waals surface area contributed by atoms with Crippen LogP contribution < -0.4 is 0 Å². The highest BCUT2D eigenvalue weighted by atomic mass is 32.1. The van der Waals surface area contributed by atoms with Gasteiger partial charge in [-0.25, -0.2) is 8.78 Å². The predicted molar refractivity (Wildman–Crippen MR) is 76.0 cm³/mol. The Balaban J connectivity index is 1.80. The first kappa shape index (κ1) is 13.7. The second kappa shape index (κ2) is 5.62. The number of hydrogen-bond acceptors (Lipinski definition) is 2. The van der Waals surface area contributed by atoms with Crippen molar-refractivity contribution in [2.45, 2.75) is 38.2 Å². The van der Waals surface area contributed by atoms with Crippen LogP contribution in [0.2, 0.25) is 0 Å². The fourth-order valence-electron chi connectivity index (χ4n) is 2.69. The number of aliphatic hydroxyl groups excluding tert-OH is 1. The number of halogens is 2. The Labute approximate surface area is 120 Å². The van der Waals surface area contributed by atoms with Crippen molar-refractivity contribution in [2.75, 3.05) is 0 Å². The average molecular weight is 294 g/mol. The third kappa shape index (κ3) is 2.76. The molecule has 0 saturated heterocycles. The van der Waals surface area contributed by atoms with Crippen molar-refractivity contribution in [1.82, 2.24) is 0 Å². The normalized spacial score (nSPS) is 15.9. The molecule has 1 atom stereocenters. The fraction of sp³-hybridized carbons (Fsp3) is 0.375. The van der Waals surface area contributed by atoms with Crippen LogP contribution in [0.4, 0.5) is 8.78 Å². The lowest BCUT2D eigenvalue weighted by Gasteiger charge is -2.09. The number of thiophene rings is 1. The van der Waals surface area contributed by atoms with Crippen LogP contribution in [-0.4, -0.2) is 5.11 Å². The van der Waals surface area contributed by atoms with Crippen LogP contribution in [0, 0.1) is 11.6 Å². The second-order valence-electron chi connectivity index (χ2n) is 5.26. The first-order valence-electron chi connectivity index (χ1n) is 6.87. The summed E-state index contributed by atoms with van der Waals surface area (Å²) in [5, 5.41) is 10.3. The third-order valence-corrected chi connectivity index (χ3v) is 5.10. The Morgan fingerprint density at radius 2 is 1.95 bits per heavy atom. The third-order valence-electron chi connectivity index (χ3n) is 3.77. The van der Waals surface area contributed by atoms with E-state index in [1.54, 1.807) is 11.3 Å². The van der Waals surface area contributed by atoms with Crippen LogP contribution in [0.15, 0.2) is 24.3 Å². The number of aliphatic hydroxyl groups is 1. The molecule has 106 valence electrons. The lowest BCUT2D eigenvalue weighted by molar-refractivity contribution is 0.181. The lowest BCUT2D eigenvalue weighted by Crippen LogP contribution is -2.02. The van der Waals surface area contributed by atoms with Crippen LogP contribution in [0.25, 0.3) is 0 Å². The van der Waals surface area contributed by atoms with Gasteiger partial charge in [-0.2, -0.15) is 0 Å². The molecule has 0 amide bonds. The molecule has 3 rings (SSSR count). The van der Waals surface area contributed by atoms with E-state index in [9.17, 15) is 13.9 Å². The molecule has 1 N–H and O–H groups in total. The number of fused-ring (bicyclic) bond motifs is 1. The van der Waals surface area contributed by atoms with E-state index < -0.39 is 17.7 Å². The van der Waals surface area contributed by atoms with Gasteiger partial charge < -0.3 is 5.11 Å². The Kier molecular flexibility index (Phi) is 3.85. The highest BCUT2D eigenvalue weighted by Gasteiger charge is 2.19. The van der Waals surface area contributed by atoms with Gasteiger partial charge in [-0.05, 0) is 61.1 Å². The average Bonchev–Trinajstić information content (AvgIpc) is 2.87. The Morgan fingerprint density at radius 3 is 2.75 bits per heavy atom. The molecule has 1 aliphatic carbocycles. The van der Waals surface area contributed by atoms with Crippen molar-refractivity contribution in [3.63, 3.8) is 0 Å². The monoisotopic (exact) mass is 294 g/mol. The fourth-order valence-corrected chi connectivity index (χ4v) is 3.93. The Bertz CT molecular complexity index is 597. The summed E-state index contributed by atoms with van der Waals surface area (Å²) in [5.41, 5.74) is 1.54. The van der Waals surface area contributed by atoms with Crippen molar-refractivity contribution < 1.29 is 13.9 Å². The van der Waals surface area contributed by atoms with Gasteiger partial charge in [0.1, 0.15) is 11.6 Å². The molecule has 0 fully saturated rings. The van der Waals surface area contributed by atoms with Gasteiger partial charge in [-0.1, -0.05) is 0 Å². The van der Waals surface area contributed by atoms with E-state index in [0.717, 1.165) is 35.9 Å². The number of benzene rings is 1. The molecular weight excluding hydrogens is 278 g/mol. The molecule has 0 radical (unpaired) electrons. The summed E-state index contributed by atoms with van der Waals surface area (Å²) in [4.78, 5) is 2.20. The van der Waals surface area contributed by atoms with Crippen molar-refractivity contribution in [2.24, 2.45) is 0 Å². The standard InChI is InChI=1S/C16H16F2OS/c17-12-5-6-13(18)11(7-12)8-14(19)16-9-10-3-1-2-4-15(10)20-16/h5-7,9,14,19H,1-4,8H2. The van der Waals surface area contributed by atoms with Gasteiger partial charge in [0, 0.05) is 16.2 Å². The summed E-state index contributed by atoms with van der Waals surface area (Å²) in [6, 6.07) is 5.39. The topological polar surface area (TPSA) is 20.2 Å². The van der Waals surface area contributed by atoms with Gasteiger partial charge in [-0.3, -0.25) is 0 Å². The van der Waals surface area contributed by atoms with Crippen molar-refractivity contribution in [1.29, 1.82) is 0 Å². The summed E-state index contributed by atoms with van der Waals surface area (Å²) in [6.45, 7) is 0. The van der Waals surface area contributed by atoms with Gasteiger partial charge in [0.25, 0.3) is 0 Å². The van der Waals surface area contributed by atoms with E-state index >= 15 is 0 Å². The SMILES string of the molecule is OC(Cc1cc(F)ccc1F)c1cc2c(s1)CCCC2. The zero-order valence-corrected chi connectivity index (χ0v) is 11.9. The molecule has 1 unspecified atom stereocenters. The quantitative estimate of drug-likeness (QED) is 0.900. The van der Waals surface area contributed by atoms with Crippen LogP contribution in [0.3, 0.4) is 0 Å². The van der Waals surface area contributed by atoms with Crippen molar-refractivity contribution in [3.05, 3.63) is 56.8 Å². The summed E-state index contributed by atoms with van der Waals surface area (Å²) in [6.07, 6.45) is 3.87. The molecule has 0 saturated carbocycles. The van der Waals surface area contributed by atoms with Gasteiger partial charge in [-0.15, -0.1) is 11.3 Å². The summed E-state index contributed by atoms with van der Waals surface area (Å²) in [7, 11) is 0. The highest BCUT2D eigenvalue weighted by Crippen LogP contribution is 2.34. The van der Waals surface area contributed by atoms with Gasteiger partial charge in [0.05, 0.1) is 6.10 Å². The molecule has 1 heterocycles. The zero-order chi connectivity index (χ0) is 14.1. The lowest BCUT2D eigenvalue weighted by atomic mass is 9.98. The smallest absolute Gasteiger partial charge is 0.126 e. The summed E-state index contributed by atoms with van der Waals surface area (Å²) < 4.78 is 26.7. The number of hydrogen-bond donors (Lipinski definition) is 1. The van der Waals surface area contributed by atoms with E-state index in [-0.39, 0.29) is 12.0 Å². The Morgan fingerprint density at radius 1 is 1.15 bits per heavy atom. The van der Waals surface area contributed by atoms with Gasteiger partial charge in [0.15, 0.2) is 0 Å². The maximum absolute atomic E-state index is 13.6. The van der Waals surface area contributed by atoms with E-state index in [4.69, 9.17) is 0 Å². The molecule has 2 aromatic rings. The Hall–Kier alpha value is -1.26. The van der Waals surface area contributed by atoms with E-state index in [1.165, 1.54) is 23.3 Å². The van der Waals surface area contributed by atoms with Crippen LogP contribution in [0.1, 0.15) is 39.8 Å². The van der Waals surface area contributed by atoms with Gasteiger partial charge in [0.2, 0.25) is 0 Å². The maximum atomic E-state index is 13.6. The predicted octanol–water partition coefficient (Wildman–Crippen LogP) is 4.18. The maximum Gasteiger partial charge on any atom is 0.126 e. The largest absolute Gasteiger partial charge is 0.387 e. The first-order chi connectivity index (χ1) is 9.63.